The van der Waals surface area contributed by atoms with E-state index in [2.05, 4.69) is 22.9 Å². The maximum absolute atomic E-state index is 5.44. The minimum atomic E-state index is 0.695. The van der Waals surface area contributed by atoms with Gasteiger partial charge in [0, 0.05) is 11.0 Å². The number of nitrogens with zero attached hydrogens (tertiary/aromatic N) is 1. The first kappa shape index (κ1) is 10.5. The highest BCUT2D eigenvalue weighted by Gasteiger charge is 2.02. The molecule has 0 N–H and O–H groups in total. The predicted molar refractivity (Wildman–Crippen MR) is 58.8 cm³/mol. The van der Waals surface area contributed by atoms with Gasteiger partial charge in [0.15, 0.2) is 0 Å². The number of benzene rings is 1. The predicted octanol–water partition coefficient (Wildman–Crippen LogP) is 3.23. The minimum Gasteiger partial charge on any atom is -0.274 e. The molecule has 0 spiro atoms. The molecule has 0 radical (unpaired) electrons. The molecule has 13 heavy (non-hydrogen) atoms. The van der Waals surface area contributed by atoms with E-state index < -0.39 is 0 Å². The maximum atomic E-state index is 5.44. The average Bonchev–Trinajstić information content (AvgIpc) is 2.14. The number of halogens is 1. The van der Waals surface area contributed by atoms with Crippen LogP contribution < -0.4 is 5.06 Å². The second-order valence-corrected chi connectivity index (χ2v) is 3.51. The zero-order valence-electron chi connectivity index (χ0n) is 7.96. The van der Waals surface area contributed by atoms with Crippen LogP contribution in [0.3, 0.4) is 0 Å². The zero-order chi connectivity index (χ0) is 9.68. The molecule has 0 bridgehead atoms. The van der Waals surface area contributed by atoms with E-state index in [-0.39, 0.29) is 0 Å². The lowest BCUT2D eigenvalue weighted by atomic mass is 10.3. The summed E-state index contributed by atoms with van der Waals surface area (Å²) in [5.41, 5.74) is 1.08. The summed E-state index contributed by atoms with van der Waals surface area (Å²) < 4.78 is 1.07. The molecule has 0 aliphatic carbocycles. The van der Waals surface area contributed by atoms with E-state index in [0.717, 1.165) is 16.7 Å². The molecular formula is C10H14BrNO. The molecule has 0 aliphatic rings. The molecule has 0 aliphatic heterocycles. The van der Waals surface area contributed by atoms with Crippen molar-refractivity contribution >= 4 is 21.6 Å². The van der Waals surface area contributed by atoms with Crippen molar-refractivity contribution in [3.63, 3.8) is 0 Å². The third-order valence-electron chi connectivity index (χ3n) is 1.67. The monoisotopic (exact) mass is 243 g/mol. The van der Waals surface area contributed by atoms with E-state index >= 15 is 0 Å². The number of anilines is 1. The molecule has 0 atom stereocenters. The summed E-state index contributed by atoms with van der Waals surface area (Å²) in [6.07, 6.45) is 0. The number of hydrogen-bond acceptors (Lipinski definition) is 2. The summed E-state index contributed by atoms with van der Waals surface area (Å²) in [5, 5.41) is 1.88. The van der Waals surface area contributed by atoms with Crippen LogP contribution in [0.5, 0.6) is 0 Å². The maximum Gasteiger partial charge on any atom is 0.0720 e. The third kappa shape index (κ3) is 3.01. The molecule has 0 heterocycles. The molecule has 3 heteroatoms. The van der Waals surface area contributed by atoms with Gasteiger partial charge in [0.25, 0.3) is 0 Å². The Bertz CT molecular complexity index is 265. The van der Waals surface area contributed by atoms with Gasteiger partial charge < -0.3 is 0 Å². The van der Waals surface area contributed by atoms with Crippen molar-refractivity contribution in [3.05, 3.63) is 28.7 Å². The van der Waals surface area contributed by atoms with Crippen LogP contribution in [-0.2, 0) is 4.84 Å². The first-order chi connectivity index (χ1) is 6.27. The lowest BCUT2D eigenvalue weighted by Gasteiger charge is -2.21. The molecule has 0 unspecified atom stereocenters. The Balaban J connectivity index is 2.78. The molecule has 0 saturated carbocycles. The van der Waals surface area contributed by atoms with Gasteiger partial charge in [-0.2, -0.15) is 0 Å². The molecule has 72 valence electrons. The third-order valence-corrected chi connectivity index (χ3v) is 2.16. The fourth-order valence-corrected chi connectivity index (χ4v) is 1.52. The van der Waals surface area contributed by atoms with Crippen LogP contribution in [0.1, 0.15) is 13.8 Å². The topological polar surface area (TPSA) is 12.5 Å². The van der Waals surface area contributed by atoms with Gasteiger partial charge in [-0.1, -0.05) is 22.0 Å². The van der Waals surface area contributed by atoms with Crippen molar-refractivity contribution in [1.29, 1.82) is 0 Å². The van der Waals surface area contributed by atoms with Crippen molar-refractivity contribution in [3.8, 4) is 0 Å². The smallest absolute Gasteiger partial charge is 0.0720 e. The van der Waals surface area contributed by atoms with Gasteiger partial charge in [0.2, 0.25) is 0 Å². The highest BCUT2D eigenvalue weighted by molar-refractivity contribution is 9.10. The zero-order valence-corrected chi connectivity index (χ0v) is 9.54. The Morgan fingerprint density at radius 2 is 2.15 bits per heavy atom. The highest BCUT2D eigenvalue weighted by atomic mass is 79.9. The van der Waals surface area contributed by atoms with Gasteiger partial charge in [-0.15, -0.1) is 0 Å². The van der Waals surface area contributed by atoms with Crippen LogP contribution >= 0.6 is 15.9 Å². The van der Waals surface area contributed by atoms with Crippen molar-refractivity contribution in [2.75, 3.05) is 18.2 Å². The SMILES string of the molecule is CCON(CC)c1cccc(Br)c1. The fraction of sp³-hybridized carbons (Fsp3) is 0.400. The molecule has 0 saturated heterocycles. The van der Waals surface area contributed by atoms with Gasteiger partial charge in [-0.25, -0.2) is 0 Å². The van der Waals surface area contributed by atoms with Crippen LogP contribution in [0.25, 0.3) is 0 Å². The Kier molecular flexibility index (Phi) is 4.25. The van der Waals surface area contributed by atoms with Crippen LogP contribution in [-0.4, -0.2) is 13.2 Å². The molecule has 1 aromatic rings. The van der Waals surface area contributed by atoms with Crippen LogP contribution in [0.2, 0.25) is 0 Å². The molecule has 0 fully saturated rings. The number of rotatable bonds is 4. The van der Waals surface area contributed by atoms with Crippen LogP contribution in [0, 0.1) is 0 Å². The van der Waals surface area contributed by atoms with E-state index in [4.69, 9.17) is 4.84 Å². The van der Waals surface area contributed by atoms with Gasteiger partial charge in [0.05, 0.1) is 12.3 Å². The highest BCUT2D eigenvalue weighted by Crippen LogP contribution is 2.19. The molecule has 1 aromatic carbocycles. The summed E-state index contributed by atoms with van der Waals surface area (Å²) in [4.78, 5) is 5.44. The quantitative estimate of drug-likeness (QED) is 0.754. The summed E-state index contributed by atoms with van der Waals surface area (Å²) in [7, 11) is 0. The van der Waals surface area contributed by atoms with E-state index in [9.17, 15) is 0 Å². The Morgan fingerprint density at radius 1 is 1.38 bits per heavy atom. The largest absolute Gasteiger partial charge is 0.274 e. The summed E-state index contributed by atoms with van der Waals surface area (Å²) in [5.74, 6) is 0. The van der Waals surface area contributed by atoms with E-state index in [1.165, 1.54) is 0 Å². The molecule has 1 rings (SSSR count). The second kappa shape index (κ2) is 5.25. The van der Waals surface area contributed by atoms with Crippen molar-refractivity contribution in [2.24, 2.45) is 0 Å². The minimum absolute atomic E-state index is 0.695. The van der Waals surface area contributed by atoms with Crippen molar-refractivity contribution in [1.82, 2.24) is 0 Å². The molecular weight excluding hydrogens is 230 g/mol. The van der Waals surface area contributed by atoms with Gasteiger partial charge in [0.1, 0.15) is 0 Å². The van der Waals surface area contributed by atoms with E-state index in [0.29, 0.717) is 6.61 Å². The number of hydroxylamine groups is 1. The molecule has 0 aromatic heterocycles. The summed E-state index contributed by atoms with van der Waals surface area (Å²) >= 11 is 3.43. The normalized spacial score (nSPS) is 10.1. The van der Waals surface area contributed by atoms with E-state index in [1.807, 2.05) is 36.3 Å². The molecule has 0 amide bonds. The first-order valence-corrected chi connectivity index (χ1v) is 5.23. The van der Waals surface area contributed by atoms with Gasteiger partial charge in [-0.3, -0.25) is 9.90 Å². The second-order valence-electron chi connectivity index (χ2n) is 2.59. The van der Waals surface area contributed by atoms with Gasteiger partial charge >= 0.3 is 0 Å². The number of hydrogen-bond donors (Lipinski definition) is 0. The fourth-order valence-electron chi connectivity index (χ4n) is 1.14. The lowest BCUT2D eigenvalue weighted by Crippen LogP contribution is -2.22. The lowest BCUT2D eigenvalue weighted by molar-refractivity contribution is 0.123. The Labute approximate surface area is 87.6 Å². The van der Waals surface area contributed by atoms with Crippen LogP contribution in [0.15, 0.2) is 28.7 Å². The van der Waals surface area contributed by atoms with E-state index in [1.54, 1.807) is 0 Å². The summed E-state index contributed by atoms with van der Waals surface area (Å²) in [6, 6.07) is 8.08. The van der Waals surface area contributed by atoms with Crippen molar-refractivity contribution in [2.45, 2.75) is 13.8 Å². The standard InChI is InChI=1S/C10H14BrNO/c1-3-12(13-4-2)10-7-5-6-9(11)8-10/h5-8H,3-4H2,1-2H3. The first-order valence-electron chi connectivity index (χ1n) is 4.44. The summed E-state index contributed by atoms with van der Waals surface area (Å²) in [6.45, 7) is 5.60. The Morgan fingerprint density at radius 3 is 2.69 bits per heavy atom. The van der Waals surface area contributed by atoms with Crippen molar-refractivity contribution < 1.29 is 4.84 Å². The average molecular weight is 244 g/mol. The van der Waals surface area contributed by atoms with Crippen LogP contribution in [0.4, 0.5) is 5.69 Å². The molecule has 2 nitrogen and oxygen atoms in total. The Hall–Kier alpha value is -0.540. The van der Waals surface area contributed by atoms with Gasteiger partial charge in [-0.05, 0) is 32.0 Å².